The zero-order valence-electron chi connectivity index (χ0n) is 20.8. The van der Waals surface area contributed by atoms with E-state index in [9.17, 15) is 15.0 Å². The van der Waals surface area contributed by atoms with Gasteiger partial charge in [-0.2, -0.15) is 0 Å². The molecule has 2 N–H and O–H groups in total. The van der Waals surface area contributed by atoms with Gasteiger partial charge in [0.1, 0.15) is 12.2 Å². The number of hydrogen-bond donors (Lipinski definition) is 2. The summed E-state index contributed by atoms with van der Waals surface area (Å²) in [7, 11) is 3.35. The number of carbonyl (C=O) groups is 1. The summed E-state index contributed by atoms with van der Waals surface area (Å²) in [6, 6.07) is 9.63. The molecular formula is C27H40O7. The molecule has 8 unspecified atom stereocenters. The predicted octanol–water partition coefficient (Wildman–Crippen LogP) is 3.93. The number of rotatable bonds is 3. The lowest BCUT2D eigenvalue weighted by molar-refractivity contribution is -0.295. The molecule has 1 saturated heterocycles. The molecule has 2 bridgehead atoms. The Balaban J connectivity index is 1.89. The number of aliphatic hydroxyl groups excluding tert-OH is 1. The molecule has 3 rings (SSSR count). The van der Waals surface area contributed by atoms with E-state index >= 15 is 0 Å². The minimum absolute atomic E-state index is 0.0430. The van der Waals surface area contributed by atoms with Crippen molar-refractivity contribution in [2.45, 2.75) is 88.7 Å². The largest absolute Gasteiger partial charge is 0.457 e. The van der Waals surface area contributed by atoms with Crippen molar-refractivity contribution >= 4 is 5.97 Å². The first-order valence-corrected chi connectivity index (χ1v) is 12.3. The second-order valence-corrected chi connectivity index (χ2v) is 9.73. The molecule has 0 aromatic heterocycles. The van der Waals surface area contributed by atoms with Crippen molar-refractivity contribution in [3.63, 3.8) is 0 Å². The lowest BCUT2D eigenvalue weighted by Crippen LogP contribution is -2.53. The molecular weight excluding hydrogens is 436 g/mol. The number of esters is 1. The summed E-state index contributed by atoms with van der Waals surface area (Å²) in [4.78, 5) is 12.9. The van der Waals surface area contributed by atoms with Crippen LogP contribution in [0.4, 0.5) is 0 Å². The Labute approximate surface area is 203 Å². The number of ether oxygens (including phenoxy) is 4. The molecule has 8 atom stereocenters. The third-order valence-electron chi connectivity index (χ3n) is 7.14. The van der Waals surface area contributed by atoms with Crippen molar-refractivity contribution in [2.75, 3.05) is 14.2 Å². The minimum atomic E-state index is -1.79. The van der Waals surface area contributed by atoms with Crippen LogP contribution in [-0.4, -0.2) is 60.6 Å². The van der Waals surface area contributed by atoms with E-state index in [0.29, 0.717) is 6.42 Å². The number of carbonyl (C=O) groups excluding carboxylic acids is 1. The third-order valence-corrected chi connectivity index (χ3v) is 7.14. The monoisotopic (exact) mass is 476 g/mol. The Morgan fingerprint density at radius 1 is 1.03 bits per heavy atom. The summed E-state index contributed by atoms with van der Waals surface area (Å²) in [6.07, 6.45) is 4.70. The molecule has 0 aliphatic carbocycles. The van der Waals surface area contributed by atoms with Crippen molar-refractivity contribution < 1.29 is 34.0 Å². The normalized spacial score (nSPS) is 39.2. The lowest BCUT2D eigenvalue weighted by Gasteiger charge is -2.45. The maximum atomic E-state index is 12.9. The van der Waals surface area contributed by atoms with E-state index in [1.54, 1.807) is 14.2 Å². The average Bonchev–Trinajstić information content (AvgIpc) is 2.81. The molecule has 0 amide bonds. The summed E-state index contributed by atoms with van der Waals surface area (Å²) in [5, 5.41) is 21.9. The van der Waals surface area contributed by atoms with E-state index in [2.05, 4.69) is 0 Å². The fourth-order valence-corrected chi connectivity index (χ4v) is 5.07. The molecule has 1 aromatic rings. The highest BCUT2D eigenvalue weighted by Crippen LogP contribution is 2.38. The van der Waals surface area contributed by atoms with Crippen LogP contribution in [0.3, 0.4) is 0 Å². The first-order chi connectivity index (χ1) is 16.3. The van der Waals surface area contributed by atoms with E-state index < -0.39 is 30.1 Å². The Kier molecular flexibility index (Phi) is 9.68. The van der Waals surface area contributed by atoms with Crippen molar-refractivity contribution in [2.24, 2.45) is 11.8 Å². The molecule has 7 nitrogen and oxygen atoms in total. The van der Waals surface area contributed by atoms with Crippen LogP contribution in [0.25, 0.3) is 0 Å². The van der Waals surface area contributed by atoms with Gasteiger partial charge in [0.15, 0.2) is 5.79 Å². The third kappa shape index (κ3) is 6.89. The van der Waals surface area contributed by atoms with Crippen LogP contribution >= 0.6 is 0 Å². The standard InChI is InChI=1S/C27H40O7/c1-18-14-15-24(32-4)23(31-3)13-9-8-12-22(20-10-6-5-7-11-20)33-25(29)17-27(30)16-21(28)19(2)26(18)34-27/h5-7,10-11,14-15,18-19,21-24,26,28,30H,8-9,12-13,16-17H2,1-4H3/b15-14+. The van der Waals surface area contributed by atoms with Crippen LogP contribution in [0.5, 0.6) is 0 Å². The molecule has 1 aromatic carbocycles. The Morgan fingerprint density at radius 2 is 1.74 bits per heavy atom. The molecule has 7 heteroatoms. The van der Waals surface area contributed by atoms with Crippen LogP contribution in [0.1, 0.15) is 64.0 Å². The SMILES string of the molecule is COC1/C=C/C(C)C2OC(O)(CC(=O)OC(c3ccccc3)CCCCC1OC)CC(O)C2C. The second-order valence-electron chi connectivity index (χ2n) is 9.73. The Morgan fingerprint density at radius 3 is 2.41 bits per heavy atom. The van der Waals surface area contributed by atoms with Gasteiger partial charge in [-0.05, 0) is 24.8 Å². The molecule has 2 heterocycles. The topological polar surface area (TPSA) is 94.5 Å². The summed E-state index contributed by atoms with van der Waals surface area (Å²) in [5.74, 6) is -2.68. The van der Waals surface area contributed by atoms with Crippen molar-refractivity contribution in [1.29, 1.82) is 0 Å². The molecule has 0 saturated carbocycles. The van der Waals surface area contributed by atoms with Crippen molar-refractivity contribution in [3.05, 3.63) is 48.0 Å². The molecule has 0 radical (unpaired) electrons. The summed E-state index contributed by atoms with van der Waals surface area (Å²) >= 11 is 0. The molecule has 2 aliphatic heterocycles. The van der Waals surface area contributed by atoms with Crippen molar-refractivity contribution in [3.8, 4) is 0 Å². The van der Waals surface area contributed by atoms with Gasteiger partial charge in [0.05, 0.1) is 24.7 Å². The van der Waals surface area contributed by atoms with Gasteiger partial charge >= 0.3 is 5.97 Å². The van der Waals surface area contributed by atoms with E-state index in [1.165, 1.54) is 0 Å². The van der Waals surface area contributed by atoms with Gasteiger partial charge in [0.2, 0.25) is 0 Å². The number of benzene rings is 1. The molecule has 2 aliphatic rings. The number of aliphatic hydroxyl groups is 2. The predicted molar refractivity (Wildman–Crippen MR) is 128 cm³/mol. The van der Waals surface area contributed by atoms with Gasteiger partial charge in [0.25, 0.3) is 0 Å². The molecule has 34 heavy (non-hydrogen) atoms. The molecule has 0 spiro atoms. The highest BCUT2D eigenvalue weighted by molar-refractivity contribution is 5.70. The Hall–Kier alpha value is -1.77. The van der Waals surface area contributed by atoms with E-state index in [1.807, 2.05) is 56.3 Å². The van der Waals surface area contributed by atoms with Crippen LogP contribution in [0.15, 0.2) is 42.5 Å². The van der Waals surface area contributed by atoms with E-state index in [-0.39, 0.29) is 36.9 Å². The van der Waals surface area contributed by atoms with Crippen molar-refractivity contribution in [1.82, 2.24) is 0 Å². The smallest absolute Gasteiger partial charge is 0.311 e. The van der Waals surface area contributed by atoms with Crippen LogP contribution < -0.4 is 0 Å². The number of fused-ring (bicyclic) bond motifs is 2. The quantitative estimate of drug-likeness (QED) is 0.504. The van der Waals surface area contributed by atoms with Gasteiger partial charge in [-0.15, -0.1) is 0 Å². The zero-order valence-corrected chi connectivity index (χ0v) is 20.8. The van der Waals surface area contributed by atoms with Crippen LogP contribution in [0, 0.1) is 11.8 Å². The lowest BCUT2D eigenvalue weighted by atomic mass is 9.82. The average molecular weight is 477 g/mol. The Bertz CT molecular complexity index is 797. The highest BCUT2D eigenvalue weighted by Gasteiger charge is 2.47. The van der Waals surface area contributed by atoms with E-state index in [4.69, 9.17) is 18.9 Å². The van der Waals surface area contributed by atoms with Crippen LogP contribution in [-0.2, 0) is 23.7 Å². The first kappa shape index (κ1) is 26.8. The van der Waals surface area contributed by atoms with Gasteiger partial charge in [-0.1, -0.05) is 62.8 Å². The second kappa shape index (κ2) is 12.3. The van der Waals surface area contributed by atoms with Gasteiger partial charge in [-0.25, -0.2) is 0 Å². The highest BCUT2D eigenvalue weighted by atomic mass is 16.6. The van der Waals surface area contributed by atoms with Gasteiger partial charge in [-0.3, -0.25) is 4.79 Å². The number of cyclic esters (lactones) is 1. The number of hydrogen-bond acceptors (Lipinski definition) is 7. The minimum Gasteiger partial charge on any atom is -0.457 e. The van der Waals surface area contributed by atoms with E-state index in [0.717, 1.165) is 24.8 Å². The number of methoxy groups -OCH3 is 2. The van der Waals surface area contributed by atoms with Crippen LogP contribution in [0.2, 0.25) is 0 Å². The first-order valence-electron chi connectivity index (χ1n) is 12.3. The maximum absolute atomic E-state index is 12.9. The fraction of sp³-hybridized carbons (Fsp3) is 0.667. The zero-order chi connectivity index (χ0) is 24.7. The maximum Gasteiger partial charge on any atom is 0.311 e. The fourth-order valence-electron chi connectivity index (χ4n) is 5.07. The summed E-state index contributed by atoms with van der Waals surface area (Å²) in [5.41, 5.74) is 0.912. The summed E-state index contributed by atoms with van der Waals surface area (Å²) in [6.45, 7) is 3.87. The summed E-state index contributed by atoms with van der Waals surface area (Å²) < 4.78 is 23.4. The van der Waals surface area contributed by atoms with Gasteiger partial charge in [0, 0.05) is 32.5 Å². The molecule has 1 fully saturated rings. The van der Waals surface area contributed by atoms with Gasteiger partial charge < -0.3 is 29.2 Å². The molecule has 190 valence electrons.